The van der Waals surface area contributed by atoms with E-state index in [-0.39, 0.29) is 5.91 Å². The molecular weight excluding hydrogens is 358 g/mol. The number of benzene rings is 1. The Morgan fingerprint density at radius 2 is 1.89 bits per heavy atom. The number of nitrogens with zero attached hydrogens (tertiary/aromatic N) is 4. The molecule has 0 aliphatic heterocycles. The number of fused-ring (bicyclic) bond motifs is 1. The molecule has 132 valence electrons. The summed E-state index contributed by atoms with van der Waals surface area (Å²) in [5.41, 5.74) is 2.98. The molecule has 0 unspecified atom stereocenters. The molecule has 0 saturated heterocycles. The van der Waals surface area contributed by atoms with Gasteiger partial charge in [-0.15, -0.1) is 10.2 Å². The lowest BCUT2D eigenvalue weighted by molar-refractivity contribution is 0.102. The summed E-state index contributed by atoms with van der Waals surface area (Å²) in [6.45, 7) is 0. The predicted molar refractivity (Wildman–Crippen MR) is 105 cm³/mol. The van der Waals surface area contributed by atoms with Crippen LogP contribution in [0.25, 0.3) is 22.2 Å². The molecule has 3 heterocycles. The van der Waals surface area contributed by atoms with Crippen molar-refractivity contribution in [2.75, 3.05) is 5.32 Å². The number of aromatic nitrogens is 4. The summed E-state index contributed by atoms with van der Waals surface area (Å²) in [4.78, 5) is 21.7. The molecule has 1 aliphatic rings. The van der Waals surface area contributed by atoms with Crippen LogP contribution in [0.3, 0.4) is 0 Å². The number of hydrogen-bond donors (Lipinski definition) is 1. The SMILES string of the molecule is O=C(Nc1nnc(C2CC2)s1)c1cc(-c2ccncc2)nc2ccccc12. The van der Waals surface area contributed by atoms with Gasteiger partial charge in [-0.25, -0.2) is 4.98 Å². The molecule has 1 amide bonds. The Labute approximate surface area is 159 Å². The minimum Gasteiger partial charge on any atom is -0.296 e. The van der Waals surface area contributed by atoms with E-state index in [1.807, 2.05) is 42.5 Å². The summed E-state index contributed by atoms with van der Waals surface area (Å²) >= 11 is 1.45. The number of nitrogens with one attached hydrogen (secondary N) is 1. The lowest BCUT2D eigenvalue weighted by Gasteiger charge is -2.09. The normalized spacial score (nSPS) is 13.6. The van der Waals surface area contributed by atoms with Crippen molar-refractivity contribution in [3.63, 3.8) is 0 Å². The first-order valence-corrected chi connectivity index (χ1v) is 9.54. The molecule has 1 aliphatic carbocycles. The lowest BCUT2D eigenvalue weighted by atomic mass is 10.0. The van der Waals surface area contributed by atoms with Crippen LogP contribution in [0.2, 0.25) is 0 Å². The van der Waals surface area contributed by atoms with Crippen LogP contribution in [0.1, 0.15) is 34.1 Å². The molecule has 1 saturated carbocycles. The Morgan fingerprint density at radius 1 is 1.07 bits per heavy atom. The third-order valence-electron chi connectivity index (χ3n) is 4.52. The molecule has 1 fully saturated rings. The van der Waals surface area contributed by atoms with Crippen LogP contribution in [0.5, 0.6) is 0 Å². The highest BCUT2D eigenvalue weighted by Gasteiger charge is 2.28. The number of amides is 1. The average molecular weight is 373 g/mol. The fraction of sp³-hybridized carbons (Fsp3) is 0.150. The van der Waals surface area contributed by atoms with Crippen LogP contribution in [0.15, 0.2) is 54.9 Å². The van der Waals surface area contributed by atoms with Gasteiger partial charge in [0.15, 0.2) is 0 Å². The smallest absolute Gasteiger partial charge is 0.258 e. The Kier molecular flexibility index (Phi) is 3.86. The molecule has 0 radical (unpaired) electrons. The summed E-state index contributed by atoms with van der Waals surface area (Å²) in [6.07, 6.45) is 5.75. The fourth-order valence-electron chi connectivity index (χ4n) is 2.98. The van der Waals surface area contributed by atoms with Crippen molar-refractivity contribution in [1.82, 2.24) is 20.2 Å². The Bertz CT molecular complexity index is 1140. The Morgan fingerprint density at radius 3 is 2.70 bits per heavy atom. The fourth-order valence-corrected chi connectivity index (χ4v) is 3.89. The van der Waals surface area contributed by atoms with E-state index in [2.05, 4.69) is 20.5 Å². The topological polar surface area (TPSA) is 80.7 Å². The largest absolute Gasteiger partial charge is 0.296 e. The van der Waals surface area contributed by atoms with E-state index in [4.69, 9.17) is 4.98 Å². The van der Waals surface area contributed by atoms with Gasteiger partial charge in [-0.3, -0.25) is 15.1 Å². The maximum absolute atomic E-state index is 13.0. The van der Waals surface area contributed by atoms with Gasteiger partial charge in [0.1, 0.15) is 5.01 Å². The summed E-state index contributed by atoms with van der Waals surface area (Å²) in [6, 6.07) is 13.2. The van der Waals surface area contributed by atoms with Crippen molar-refractivity contribution < 1.29 is 4.79 Å². The van der Waals surface area contributed by atoms with Gasteiger partial charge >= 0.3 is 0 Å². The molecule has 1 N–H and O–H groups in total. The van der Waals surface area contributed by atoms with Gasteiger partial charge in [0, 0.05) is 29.3 Å². The average Bonchev–Trinajstić information content (AvgIpc) is 3.47. The molecule has 4 aromatic rings. The third kappa shape index (κ3) is 3.17. The Hall–Kier alpha value is -3.19. The number of carbonyl (C=O) groups excluding carboxylic acids is 1. The third-order valence-corrected chi connectivity index (χ3v) is 5.53. The van der Waals surface area contributed by atoms with E-state index < -0.39 is 0 Å². The van der Waals surface area contributed by atoms with Crippen molar-refractivity contribution in [3.8, 4) is 11.3 Å². The highest BCUT2D eigenvalue weighted by molar-refractivity contribution is 7.15. The van der Waals surface area contributed by atoms with Crippen LogP contribution in [-0.4, -0.2) is 26.1 Å². The predicted octanol–water partition coefficient (Wildman–Crippen LogP) is 4.28. The number of hydrogen-bond acceptors (Lipinski definition) is 6. The molecular formula is C20H15N5OS. The first-order chi connectivity index (χ1) is 13.3. The van der Waals surface area contributed by atoms with Crippen LogP contribution in [0, 0.1) is 0 Å². The van der Waals surface area contributed by atoms with Crippen molar-refractivity contribution in [2.45, 2.75) is 18.8 Å². The van der Waals surface area contributed by atoms with Gasteiger partial charge in [-0.1, -0.05) is 29.5 Å². The molecule has 0 bridgehead atoms. The summed E-state index contributed by atoms with van der Waals surface area (Å²) in [5.74, 6) is 0.315. The number of rotatable bonds is 4. The van der Waals surface area contributed by atoms with Crippen LogP contribution >= 0.6 is 11.3 Å². The molecule has 0 spiro atoms. The Balaban J connectivity index is 1.54. The standard InChI is InChI=1S/C20H15N5OS/c26-18(23-20-25-24-19(27-20)13-5-6-13)15-11-17(12-7-9-21-10-8-12)22-16-4-2-1-3-14(15)16/h1-4,7-11,13H,5-6H2,(H,23,25,26). The molecule has 3 aromatic heterocycles. The van der Waals surface area contributed by atoms with E-state index in [1.54, 1.807) is 12.4 Å². The maximum atomic E-state index is 13.0. The first-order valence-electron chi connectivity index (χ1n) is 8.73. The van der Waals surface area contributed by atoms with Gasteiger partial charge in [0.2, 0.25) is 5.13 Å². The molecule has 0 atom stereocenters. The van der Waals surface area contributed by atoms with E-state index in [0.717, 1.165) is 40.0 Å². The van der Waals surface area contributed by atoms with Crippen molar-refractivity contribution in [2.24, 2.45) is 0 Å². The summed E-state index contributed by atoms with van der Waals surface area (Å²) < 4.78 is 0. The number of carbonyl (C=O) groups is 1. The zero-order valence-electron chi connectivity index (χ0n) is 14.3. The van der Waals surface area contributed by atoms with Gasteiger partial charge in [-0.05, 0) is 37.1 Å². The second kappa shape index (κ2) is 6.51. The van der Waals surface area contributed by atoms with Gasteiger partial charge in [0.05, 0.1) is 16.8 Å². The summed E-state index contributed by atoms with van der Waals surface area (Å²) in [7, 11) is 0. The zero-order valence-corrected chi connectivity index (χ0v) is 15.1. The van der Waals surface area contributed by atoms with Crippen molar-refractivity contribution in [3.05, 3.63) is 65.4 Å². The highest BCUT2D eigenvalue weighted by atomic mass is 32.1. The minimum absolute atomic E-state index is 0.206. The quantitative estimate of drug-likeness (QED) is 0.577. The van der Waals surface area contributed by atoms with Crippen LogP contribution in [-0.2, 0) is 0 Å². The molecule has 6 nitrogen and oxygen atoms in total. The maximum Gasteiger partial charge on any atom is 0.258 e. The van der Waals surface area contributed by atoms with Gasteiger partial charge < -0.3 is 0 Å². The second-order valence-electron chi connectivity index (χ2n) is 6.48. The van der Waals surface area contributed by atoms with E-state index in [1.165, 1.54) is 11.3 Å². The number of anilines is 1. The first kappa shape index (κ1) is 16.0. The monoisotopic (exact) mass is 373 g/mol. The minimum atomic E-state index is -0.206. The van der Waals surface area contributed by atoms with E-state index >= 15 is 0 Å². The van der Waals surface area contributed by atoms with Crippen LogP contribution < -0.4 is 5.32 Å². The highest BCUT2D eigenvalue weighted by Crippen LogP contribution is 2.42. The second-order valence-corrected chi connectivity index (χ2v) is 7.49. The molecule has 27 heavy (non-hydrogen) atoms. The van der Waals surface area contributed by atoms with E-state index in [9.17, 15) is 4.79 Å². The number of para-hydroxylation sites is 1. The van der Waals surface area contributed by atoms with E-state index in [0.29, 0.717) is 16.6 Å². The van der Waals surface area contributed by atoms with Crippen molar-refractivity contribution >= 4 is 33.3 Å². The lowest BCUT2D eigenvalue weighted by Crippen LogP contribution is -2.13. The zero-order chi connectivity index (χ0) is 18.2. The molecule has 5 rings (SSSR count). The molecule has 1 aromatic carbocycles. The number of pyridine rings is 2. The summed E-state index contributed by atoms with van der Waals surface area (Å²) in [5, 5.41) is 13.5. The van der Waals surface area contributed by atoms with Crippen molar-refractivity contribution in [1.29, 1.82) is 0 Å². The van der Waals surface area contributed by atoms with Gasteiger partial charge in [0.25, 0.3) is 5.91 Å². The van der Waals surface area contributed by atoms with Gasteiger partial charge in [-0.2, -0.15) is 0 Å². The van der Waals surface area contributed by atoms with Crippen LogP contribution in [0.4, 0.5) is 5.13 Å². The molecule has 7 heteroatoms.